The molecule has 1 unspecified atom stereocenters. The fourth-order valence-corrected chi connectivity index (χ4v) is 1.98. The molecule has 5 heteroatoms. The van der Waals surface area contributed by atoms with Crippen LogP contribution in [0, 0.1) is 0 Å². The van der Waals surface area contributed by atoms with Gasteiger partial charge in [-0.15, -0.1) is 0 Å². The Hall–Kier alpha value is -2.24. The second kappa shape index (κ2) is 4.56. The van der Waals surface area contributed by atoms with Crippen LogP contribution in [0.2, 0.25) is 0 Å². The smallest absolute Gasteiger partial charge is 0.0954 e. The van der Waals surface area contributed by atoms with E-state index in [0.29, 0.717) is 0 Å². The summed E-state index contributed by atoms with van der Waals surface area (Å²) in [6.07, 6.45) is 6.65. The van der Waals surface area contributed by atoms with Crippen molar-refractivity contribution in [3.05, 3.63) is 60.3 Å². The van der Waals surface area contributed by atoms with E-state index in [1.54, 1.807) is 24.9 Å². The highest BCUT2D eigenvalue weighted by atomic mass is 16.3. The number of furan rings is 1. The molecule has 1 aromatic carbocycles. The molecule has 0 saturated carbocycles. The Morgan fingerprint density at radius 3 is 2.61 bits per heavy atom. The van der Waals surface area contributed by atoms with Crippen molar-refractivity contribution in [3.63, 3.8) is 0 Å². The van der Waals surface area contributed by atoms with Crippen LogP contribution >= 0.6 is 0 Å². The number of hydrazine groups is 1. The number of fused-ring (bicyclic) bond motifs is 1. The molecule has 90 valence electrons. The van der Waals surface area contributed by atoms with Crippen molar-refractivity contribution in [2.75, 3.05) is 0 Å². The molecule has 0 aliphatic rings. The lowest BCUT2D eigenvalue weighted by molar-refractivity contribution is 0.553. The number of benzene rings is 1. The van der Waals surface area contributed by atoms with Crippen molar-refractivity contribution in [2.45, 2.75) is 6.04 Å². The number of nitrogens with zero attached hydrogens (tertiary/aromatic N) is 2. The van der Waals surface area contributed by atoms with Crippen LogP contribution in [0.3, 0.4) is 0 Å². The predicted molar refractivity (Wildman–Crippen MR) is 67.4 cm³/mol. The minimum atomic E-state index is -0.116. The summed E-state index contributed by atoms with van der Waals surface area (Å²) >= 11 is 0. The average Bonchev–Trinajstić information content (AvgIpc) is 2.93. The fraction of sp³-hybridized carbons (Fsp3) is 0.0769. The zero-order valence-electron chi connectivity index (χ0n) is 9.58. The number of hydrogen-bond donors (Lipinski definition) is 2. The van der Waals surface area contributed by atoms with Crippen LogP contribution in [0.1, 0.15) is 17.2 Å². The SMILES string of the molecule is NNC(c1ccoc1)c1ccc2nccnc2c1. The highest BCUT2D eigenvalue weighted by Crippen LogP contribution is 2.23. The van der Waals surface area contributed by atoms with Gasteiger partial charge in [-0.3, -0.25) is 15.8 Å². The van der Waals surface area contributed by atoms with Gasteiger partial charge in [0.1, 0.15) is 0 Å². The lowest BCUT2D eigenvalue weighted by Gasteiger charge is -2.14. The van der Waals surface area contributed by atoms with Gasteiger partial charge in [0.25, 0.3) is 0 Å². The normalized spacial score (nSPS) is 12.7. The van der Waals surface area contributed by atoms with E-state index in [-0.39, 0.29) is 6.04 Å². The summed E-state index contributed by atoms with van der Waals surface area (Å²) in [4.78, 5) is 8.52. The molecule has 0 aliphatic heterocycles. The highest BCUT2D eigenvalue weighted by molar-refractivity contribution is 5.74. The molecule has 0 radical (unpaired) electrons. The second-order valence-corrected chi connectivity index (χ2v) is 3.96. The summed E-state index contributed by atoms with van der Waals surface area (Å²) in [6, 6.07) is 7.65. The van der Waals surface area contributed by atoms with Crippen molar-refractivity contribution in [1.29, 1.82) is 0 Å². The molecule has 0 fully saturated rings. The van der Waals surface area contributed by atoms with Crippen molar-refractivity contribution in [1.82, 2.24) is 15.4 Å². The zero-order chi connectivity index (χ0) is 12.4. The molecule has 0 spiro atoms. The number of nitrogens with one attached hydrogen (secondary N) is 1. The summed E-state index contributed by atoms with van der Waals surface area (Å²) in [7, 11) is 0. The zero-order valence-corrected chi connectivity index (χ0v) is 9.58. The Morgan fingerprint density at radius 1 is 1.06 bits per heavy atom. The van der Waals surface area contributed by atoms with Crippen molar-refractivity contribution < 1.29 is 4.42 Å². The van der Waals surface area contributed by atoms with E-state index in [1.807, 2.05) is 24.3 Å². The van der Waals surface area contributed by atoms with Crippen molar-refractivity contribution in [3.8, 4) is 0 Å². The van der Waals surface area contributed by atoms with E-state index in [9.17, 15) is 0 Å². The van der Waals surface area contributed by atoms with E-state index < -0.39 is 0 Å². The Kier molecular flexibility index (Phi) is 2.76. The highest BCUT2D eigenvalue weighted by Gasteiger charge is 2.14. The first-order valence-corrected chi connectivity index (χ1v) is 5.57. The van der Waals surface area contributed by atoms with Gasteiger partial charge >= 0.3 is 0 Å². The molecule has 3 N–H and O–H groups in total. The number of hydrogen-bond acceptors (Lipinski definition) is 5. The summed E-state index contributed by atoms with van der Waals surface area (Å²) in [6.45, 7) is 0. The molecular formula is C13H12N4O. The molecular weight excluding hydrogens is 228 g/mol. The van der Waals surface area contributed by atoms with Gasteiger partial charge in [0.15, 0.2) is 0 Å². The third-order valence-corrected chi connectivity index (χ3v) is 2.87. The van der Waals surface area contributed by atoms with Gasteiger partial charge in [-0.25, -0.2) is 5.43 Å². The van der Waals surface area contributed by atoms with Gasteiger partial charge in [-0.2, -0.15) is 0 Å². The van der Waals surface area contributed by atoms with E-state index >= 15 is 0 Å². The van der Waals surface area contributed by atoms with Crippen LogP contribution in [0.25, 0.3) is 11.0 Å². The molecule has 3 rings (SSSR count). The number of aromatic nitrogens is 2. The Bertz CT molecular complexity index is 651. The molecule has 2 heterocycles. The van der Waals surface area contributed by atoms with Crippen LogP contribution in [0.4, 0.5) is 0 Å². The molecule has 0 bridgehead atoms. The predicted octanol–water partition coefficient (Wildman–Crippen LogP) is 1.78. The van der Waals surface area contributed by atoms with E-state index in [2.05, 4.69) is 15.4 Å². The van der Waals surface area contributed by atoms with E-state index in [0.717, 1.165) is 22.2 Å². The van der Waals surface area contributed by atoms with Crippen LogP contribution in [-0.4, -0.2) is 9.97 Å². The first-order chi connectivity index (χ1) is 8.88. The van der Waals surface area contributed by atoms with Gasteiger partial charge in [0.2, 0.25) is 0 Å². The maximum atomic E-state index is 5.61. The lowest BCUT2D eigenvalue weighted by atomic mass is 10.0. The van der Waals surface area contributed by atoms with Crippen molar-refractivity contribution in [2.24, 2.45) is 5.84 Å². The first-order valence-electron chi connectivity index (χ1n) is 5.57. The van der Waals surface area contributed by atoms with Gasteiger partial charge in [0.05, 0.1) is 29.6 Å². The van der Waals surface area contributed by atoms with E-state index in [4.69, 9.17) is 10.3 Å². The number of nitrogens with two attached hydrogens (primary N) is 1. The molecule has 0 aliphatic carbocycles. The third-order valence-electron chi connectivity index (χ3n) is 2.87. The summed E-state index contributed by atoms with van der Waals surface area (Å²) < 4.78 is 5.08. The largest absolute Gasteiger partial charge is 0.472 e. The molecule has 1 atom stereocenters. The minimum Gasteiger partial charge on any atom is -0.472 e. The summed E-state index contributed by atoms with van der Waals surface area (Å²) in [5, 5.41) is 0. The summed E-state index contributed by atoms with van der Waals surface area (Å²) in [5.74, 6) is 5.61. The maximum absolute atomic E-state index is 5.61. The molecule has 2 aromatic heterocycles. The fourth-order valence-electron chi connectivity index (χ4n) is 1.98. The van der Waals surface area contributed by atoms with Crippen LogP contribution in [-0.2, 0) is 0 Å². The number of rotatable bonds is 3. The van der Waals surface area contributed by atoms with Crippen molar-refractivity contribution >= 4 is 11.0 Å². The van der Waals surface area contributed by atoms with Crippen LogP contribution in [0.5, 0.6) is 0 Å². The molecule has 3 aromatic rings. The maximum Gasteiger partial charge on any atom is 0.0954 e. The minimum absolute atomic E-state index is 0.116. The van der Waals surface area contributed by atoms with Gasteiger partial charge in [-0.1, -0.05) is 6.07 Å². The van der Waals surface area contributed by atoms with Gasteiger partial charge < -0.3 is 4.42 Å². The quantitative estimate of drug-likeness (QED) is 0.539. The Balaban J connectivity index is 2.07. The molecule has 18 heavy (non-hydrogen) atoms. The Labute approximate surface area is 104 Å². The first kappa shape index (κ1) is 10.9. The average molecular weight is 240 g/mol. The summed E-state index contributed by atoms with van der Waals surface area (Å²) in [5.41, 5.74) is 6.48. The third kappa shape index (κ3) is 1.85. The standard InChI is InChI=1S/C13H12N4O/c14-17-13(10-3-6-18-8-10)9-1-2-11-12(7-9)16-5-4-15-11/h1-8,13,17H,14H2. The molecule has 0 amide bonds. The second-order valence-electron chi connectivity index (χ2n) is 3.96. The molecule has 5 nitrogen and oxygen atoms in total. The van der Waals surface area contributed by atoms with Crippen LogP contribution in [0.15, 0.2) is 53.6 Å². The van der Waals surface area contributed by atoms with Crippen LogP contribution < -0.4 is 11.3 Å². The van der Waals surface area contributed by atoms with Gasteiger partial charge in [0, 0.05) is 18.0 Å². The van der Waals surface area contributed by atoms with E-state index in [1.165, 1.54) is 0 Å². The Morgan fingerprint density at radius 2 is 1.89 bits per heavy atom. The van der Waals surface area contributed by atoms with Gasteiger partial charge in [-0.05, 0) is 23.8 Å². The lowest BCUT2D eigenvalue weighted by Crippen LogP contribution is -2.28. The monoisotopic (exact) mass is 240 g/mol. The topological polar surface area (TPSA) is 77.0 Å². The molecule has 0 saturated heterocycles.